The zero-order valence-corrected chi connectivity index (χ0v) is 16.3. The highest BCUT2D eigenvalue weighted by molar-refractivity contribution is 6.66. The predicted molar refractivity (Wildman–Crippen MR) is 101 cm³/mol. The highest BCUT2D eigenvalue weighted by Crippen LogP contribution is 2.36. The molecule has 0 aliphatic rings. The van der Waals surface area contributed by atoms with Gasteiger partial charge < -0.3 is 10.2 Å². The zero-order valence-electron chi connectivity index (χ0n) is 13.2. The molecular formula is C15H17Cl4N5. The SMILES string of the molecule is CN(C)CCCNc1nc(-c2ccc(Cl)cc2)nc(C(Cl)(Cl)Cl)n1. The molecule has 0 atom stereocenters. The van der Waals surface area contributed by atoms with Gasteiger partial charge in [-0.3, -0.25) is 0 Å². The molecule has 24 heavy (non-hydrogen) atoms. The van der Waals surface area contributed by atoms with Crippen LogP contribution < -0.4 is 5.32 Å². The Morgan fingerprint density at radius 3 is 2.29 bits per heavy atom. The molecule has 2 aromatic rings. The standard InChI is InChI=1S/C15H17Cl4N5/c1-24(2)9-3-8-20-14-22-12(10-4-6-11(16)7-5-10)21-13(23-14)15(17,18)19/h4-7H,3,8-9H2,1-2H3,(H,20,21,22,23). The Kier molecular flexibility index (Phi) is 6.89. The Hall–Kier alpha value is -0.850. The van der Waals surface area contributed by atoms with Gasteiger partial charge in [0, 0.05) is 17.1 Å². The van der Waals surface area contributed by atoms with Crippen LogP contribution in [0.2, 0.25) is 5.02 Å². The molecule has 0 aliphatic heterocycles. The maximum absolute atomic E-state index is 5.94. The second kappa shape index (κ2) is 8.50. The Morgan fingerprint density at radius 2 is 1.71 bits per heavy atom. The van der Waals surface area contributed by atoms with Gasteiger partial charge in [-0.15, -0.1) is 0 Å². The summed E-state index contributed by atoms with van der Waals surface area (Å²) in [6, 6.07) is 7.10. The molecule has 130 valence electrons. The molecule has 0 saturated heterocycles. The molecule has 0 unspecified atom stereocenters. The lowest BCUT2D eigenvalue weighted by Gasteiger charge is -2.14. The van der Waals surface area contributed by atoms with Crippen LogP contribution in [0.15, 0.2) is 24.3 Å². The number of aromatic nitrogens is 3. The summed E-state index contributed by atoms with van der Waals surface area (Å²) in [7, 11) is 4.03. The Balaban J connectivity index is 2.26. The second-order valence-corrected chi connectivity index (χ2v) is 8.11. The minimum Gasteiger partial charge on any atom is -0.354 e. The normalized spacial score (nSPS) is 11.8. The van der Waals surface area contributed by atoms with Gasteiger partial charge in [0.05, 0.1) is 0 Å². The van der Waals surface area contributed by atoms with Gasteiger partial charge in [-0.2, -0.15) is 9.97 Å². The molecule has 0 saturated carbocycles. The van der Waals surface area contributed by atoms with Gasteiger partial charge in [0.15, 0.2) is 11.6 Å². The number of alkyl halides is 3. The number of nitrogens with one attached hydrogen (secondary N) is 1. The van der Waals surface area contributed by atoms with Crippen molar-refractivity contribution in [1.82, 2.24) is 19.9 Å². The molecule has 9 heteroatoms. The molecular weight excluding hydrogens is 392 g/mol. The molecule has 1 heterocycles. The maximum atomic E-state index is 5.94. The van der Waals surface area contributed by atoms with Crippen molar-refractivity contribution in [2.45, 2.75) is 10.2 Å². The van der Waals surface area contributed by atoms with E-state index in [2.05, 4.69) is 25.2 Å². The molecule has 0 spiro atoms. The van der Waals surface area contributed by atoms with E-state index in [0.29, 0.717) is 23.3 Å². The number of halogens is 4. The lowest BCUT2D eigenvalue weighted by Crippen LogP contribution is -2.18. The van der Waals surface area contributed by atoms with Crippen molar-refractivity contribution in [1.29, 1.82) is 0 Å². The van der Waals surface area contributed by atoms with Crippen molar-refractivity contribution in [3.05, 3.63) is 35.1 Å². The first-order valence-corrected chi connectivity index (χ1v) is 8.75. The van der Waals surface area contributed by atoms with E-state index in [1.165, 1.54) is 0 Å². The van der Waals surface area contributed by atoms with Gasteiger partial charge in [0.2, 0.25) is 9.74 Å². The van der Waals surface area contributed by atoms with Crippen molar-refractivity contribution in [2.75, 3.05) is 32.5 Å². The monoisotopic (exact) mass is 407 g/mol. The Morgan fingerprint density at radius 1 is 1.04 bits per heavy atom. The van der Waals surface area contributed by atoms with Crippen molar-refractivity contribution >= 4 is 52.4 Å². The van der Waals surface area contributed by atoms with E-state index in [4.69, 9.17) is 46.4 Å². The van der Waals surface area contributed by atoms with Crippen molar-refractivity contribution < 1.29 is 0 Å². The van der Waals surface area contributed by atoms with Crippen LogP contribution in [0.25, 0.3) is 11.4 Å². The molecule has 1 N–H and O–H groups in total. The number of hydrogen-bond donors (Lipinski definition) is 1. The summed E-state index contributed by atoms with van der Waals surface area (Å²) in [6.07, 6.45) is 0.929. The van der Waals surface area contributed by atoms with Crippen molar-refractivity contribution in [2.24, 2.45) is 0 Å². The average Bonchev–Trinajstić information content (AvgIpc) is 2.51. The first-order chi connectivity index (χ1) is 11.3. The summed E-state index contributed by atoms with van der Waals surface area (Å²) >= 11 is 23.7. The van der Waals surface area contributed by atoms with Crippen molar-refractivity contribution in [3.63, 3.8) is 0 Å². The predicted octanol–water partition coefficient (Wildman–Crippen LogP) is 4.38. The third-order valence-corrected chi connectivity index (χ3v) is 3.82. The Bertz CT molecular complexity index is 671. The van der Waals surface area contributed by atoms with Gasteiger partial charge in [-0.05, 0) is 51.3 Å². The van der Waals surface area contributed by atoms with Gasteiger partial charge in [-0.1, -0.05) is 46.4 Å². The highest BCUT2D eigenvalue weighted by atomic mass is 35.6. The van der Waals surface area contributed by atoms with Gasteiger partial charge >= 0.3 is 0 Å². The first-order valence-electron chi connectivity index (χ1n) is 7.23. The van der Waals surface area contributed by atoms with Crippen LogP contribution in [-0.2, 0) is 3.79 Å². The molecule has 1 aromatic heterocycles. The van der Waals surface area contributed by atoms with Crippen LogP contribution in [-0.4, -0.2) is 47.0 Å². The molecule has 0 aliphatic carbocycles. The molecule has 2 rings (SSSR count). The van der Waals surface area contributed by atoms with Crippen LogP contribution in [0.3, 0.4) is 0 Å². The largest absolute Gasteiger partial charge is 0.354 e. The van der Waals surface area contributed by atoms with E-state index in [-0.39, 0.29) is 5.82 Å². The molecule has 0 amide bonds. The smallest absolute Gasteiger partial charge is 0.250 e. The number of benzene rings is 1. The summed E-state index contributed by atoms with van der Waals surface area (Å²) in [5.41, 5.74) is 0.758. The van der Waals surface area contributed by atoms with Crippen LogP contribution in [0.4, 0.5) is 5.95 Å². The highest BCUT2D eigenvalue weighted by Gasteiger charge is 2.28. The molecule has 5 nitrogen and oxygen atoms in total. The number of nitrogens with zero attached hydrogens (tertiary/aromatic N) is 4. The van der Waals surface area contributed by atoms with Gasteiger partial charge in [-0.25, -0.2) is 4.98 Å². The Labute approximate surface area is 161 Å². The fraction of sp³-hybridized carbons (Fsp3) is 0.400. The zero-order chi connectivity index (χ0) is 17.7. The lowest BCUT2D eigenvalue weighted by atomic mass is 10.2. The average molecular weight is 409 g/mol. The minimum atomic E-state index is -1.73. The fourth-order valence-corrected chi connectivity index (χ4v) is 2.28. The van der Waals surface area contributed by atoms with Crippen LogP contribution in [0, 0.1) is 0 Å². The van der Waals surface area contributed by atoms with Crippen molar-refractivity contribution in [3.8, 4) is 11.4 Å². The van der Waals surface area contributed by atoms with E-state index in [1.54, 1.807) is 24.3 Å². The van der Waals surface area contributed by atoms with E-state index in [9.17, 15) is 0 Å². The van der Waals surface area contributed by atoms with E-state index < -0.39 is 3.79 Å². The maximum Gasteiger partial charge on any atom is 0.250 e. The van der Waals surface area contributed by atoms with Gasteiger partial charge in [0.25, 0.3) is 0 Å². The van der Waals surface area contributed by atoms with E-state index in [1.807, 2.05) is 14.1 Å². The fourth-order valence-electron chi connectivity index (χ4n) is 1.91. The summed E-state index contributed by atoms with van der Waals surface area (Å²) < 4.78 is -1.73. The van der Waals surface area contributed by atoms with E-state index in [0.717, 1.165) is 18.5 Å². The van der Waals surface area contributed by atoms with Gasteiger partial charge in [0.1, 0.15) is 0 Å². The lowest BCUT2D eigenvalue weighted by molar-refractivity contribution is 0.405. The molecule has 0 radical (unpaired) electrons. The molecule has 0 bridgehead atoms. The summed E-state index contributed by atoms with van der Waals surface area (Å²) in [5, 5.41) is 3.76. The number of anilines is 1. The summed E-state index contributed by atoms with van der Waals surface area (Å²) in [5.74, 6) is 0.857. The number of rotatable bonds is 6. The first kappa shape index (κ1) is 19.5. The number of hydrogen-bond acceptors (Lipinski definition) is 5. The quantitative estimate of drug-likeness (QED) is 0.567. The molecule has 1 aromatic carbocycles. The topological polar surface area (TPSA) is 53.9 Å². The molecule has 0 fully saturated rings. The third-order valence-electron chi connectivity index (χ3n) is 3.06. The minimum absolute atomic E-state index is 0.0718. The second-order valence-electron chi connectivity index (χ2n) is 5.39. The van der Waals surface area contributed by atoms with Crippen LogP contribution in [0.5, 0.6) is 0 Å². The van der Waals surface area contributed by atoms with E-state index >= 15 is 0 Å². The summed E-state index contributed by atoms with van der Waals surface area (Å²) in [6.45, 7) is 1.64. The van der Waals surface area contributed by atoms with Crippen LogP contribution in [0.1, 0.15) is 12.2 Å². The third kappa shape index (κ3) is 5.90. The summed E-state index contributed by atoms with van der Waals surface area (Å²) in [4.78, 5) is 14.9. The van der Waals surface area contributed by atoms with Crippen LogP contribution >= 0.6 is 46.4 Å².